The second kappa shape index (κ2) is 59.9. The molecule has 1 atom stereocenters. The molecule has 5 nitrogen and oxygen atoms in total. The van der Waals surface area contributed by atoms with Gasteiger partial charge in [0.2, 0.25) is 0 Å². The van der Waals surface area contributed by atoms with Gasteiger partial charge in [-0.05, 0) is 96.3 Å². The molecule has 1 N–H and O–H groups in total. The SMILES string of the molecule is CC/C=C\C/C=C\C/C=C\C/C=C\C/C=C\CCCCCCCCCCCCCCCCCCCCCCCC(=O)OC(CO)COC(=O)CCCCCCCC/C=C\C/C=C\C/C=C\C/C=C\CC. The predicted molar refractivity (Wildman–Crippen MR) is 306 cm³/mol. The standard InChI is InChI=1S/C65H110O5/c1-3-5-7-9-11-13-15-17-19-21-23-24-25-26-27-28-29-30-31-32-33-34-35-36-37-38-39-40-42-44-46-48-50-52-54-56-58-60-65(68)70-63(61-66)62-69-64(67)59-57-55-53-51-49-47-45-43-41-22-20-18-16-14-12-10-8-6-4-2/h5-8,11-14,17-20,23-24,26-27,41,43,63,66H,3-4,9-10,15-16,21-22,25,28-40,42,44-62H2,1-2H3/b7-5-,8-6-,13-11-,14-12-,19-17-,20-18-,24-23-,27-26-,43-41-. The number of hydrogen-bond acceptors (Lipinski definition) is 5. The van der Waals surface area contributed by atoms with E-state index in [1.807, 2.05) is 0 Å². The number of aliphatic hydroxyl groups is 1. The lowest BCUT2D eigenvalue weighted by Crippen LogP contribution is -2.28. The van der Waals surface area contributed by atoms with E-state index in [0.29, 0.717) is 12.8 Å². The number of allylic oxidation sites excluding steroid dienone is 18. The fourth-order valence-electron chi connectivity index (χ4n) is 8.22. The van der Waals surface area contributed by atoms with Crippen molar-refractivity contribution >= 4 is 11.9 Å². The summed E-state index contributed by atoms with van der Waals surface area (Å²) in [6, 6.07) is 0. The Kier molecular flexibility index (Phi) is 56.9. The highest BCUT2D eigenvalue weighted by Crippen LogP contribution is 2.16. The zero-order valence-corrected chi connectivity index (χ0v) is 45.7. The lowest BCUT2D eigenvalue weighted by atomic mass is 10.0. The van der Waals surface area contributed by atoms with Gasteiger partial charge in [0.25, 0.3) is 0 Å². The third kappa shape index (κ3) is 57.1. The molecule has 0 aromatic heterocycles. The Hall–Kier alpha value is -3.44. The van der Waals surface area contributed by atoms with Crippen LogP contribution < -0.4 is 0 Å². The van der Waals surface area contributed by atoms with Gasteiger partial charge in [0.15, 0.2) is 6.10 Å². The third-order valence-corrected chi connectivity index (χ3v) is 12.6. The molecule has 0 amide bonds. The minimum Gasteiger partial charge on any atom is -0.462 e. The second-order valence-electron chi connectivity index (χ2n) is 19.3. The molecule has 0 saturated heterocycles. The van der Waals surface area contributed by atoms with Gasteiger partial charge in [-0.15, -0.1) is 0 Å². The van der Waals surface area contributed by atoms with E-state index in [9.17, 15) is 14.7 Å². The van der Waals surface area contributed by atoms with Crippen LogP contribution in [0.4, 0.5) is 0 Å². The summed E-state index contributed by atoms with van der Waals surface area (Å²) in [7, 11) is 0. The summed E-state index contributed by atoms with van der Waals surface area (Å²) in [4.78, 5) is 24.5. The van der Waals surface area contributed by atoms with Crippen molar-refractivity contribution in [2.75, 3.05) is 13.2 Å². The highest BCUT2D eigenvalue weighted by atomic mass is 16.6. The molecule has 0 saturated carbocycles. The molecule has 0 heterocycles. The van der Waals surface area contributed by atoms with Gasteiger partial charge in [0.05, 0.1) is 6.61 Å². The van der Waals surface area contributed by atoms with Crippen molar-refractivity contribution in [2.24, 2.45) is 0 Å². The molecule has 0 aromatic rings. The van der Waals surface area contributed by atoms with E-state index in [4.69, 9.17) is 9.47 Å². The number of ether oxygens (including phenoxy) is 2. The Bertz CT molecular complexity index is 1380. The molecule has 5 heteroatoms. The molecule has 0 aliphatic rings. The van der Waals surface area contributed by atoms with E-state index in [1.165, 1.54) is 141 Å². The van der Waals surface area contributed by atoms with Crippen LogP contribution >= 0.6 is 0 Å². The van der Waals surface area contributed by atoms with E-state index in [2.05, 4.69) is 123 Å². The zero-order chi connectivity index (χ0) is 50.6. The van der Waals surface area contributed by atoms with Crippen LogP contribution in [-0.2, 0) is 19.1 Å². The maximum absolute atomic E-state index is 12.3. The largest absolute Gasteiger partial charge is 0.462 e. The summed E-state index contributed by atoms with van der Waals surface area (Å²) in [5.41, 5.74) is 0. The monoisotopic (exact) mass is 971 g/mol. The van der Waals surface area contributed by atoms with E-state index < -0.39 is 6.10 Å². The van der Waals surface area contributed by atoms with Crippen molar-refractivity contribution < 1.29 is 24.2 Å². The quantitative estimate of drug-likeness (QED) is 0.0373. The van der Waals surface area contributed by atoms with E-state index >= 15 is 0 Å². The Morgan fingerprint density at radius 2 is 0.571 bits per heavy atom. The lowest BCUT2D eigenvalue weighted by molar-refractivity contribution is -0.161. The first-order valence-electron chi connectivity index (χ1n) is 29.4. The van der Waals surface area contributed by atoms with Gasteiger partial charge >= 0.3 is 11.9 Å². The first-order chi connectivity index (χ1) is 34.6. The molecule has 70 heavy (non-hydrogen) atoms. The molecular formula is C65H110O5. The van der Waals surface area contributed by atoms with E-state index in [0.717, 1.165) is 103 Å². The number of esters is 2. The minimum absolute atomic E-state index is 0.0757. The van der Waals surface area contributed by atoms with Crippen LogP contribution in [0, 0.1) is 0 Å². The van der Waals surface area contributed by atoms with Gasteiger partial charge in [-0.25, -0.2) is 0 Å². The van der Waals surface area contributed by atoms with Crippen LogP contribution in [0.25, 0.3) is 0 Å². The second-order valence-corrected chi connectivity index (χ2v) is 19.3. The van der Waals surface area contributed by atoms with Crippen LogP contribution in [0.3, 0.4) is 0 Å². The zero-order valence-electron chi connectivity index (χ0n) is 45.7. The first kappa shape index (κ1) is 66.6. The maximum atomic E-state index is 12.3. The lowest BCUT2D eigenvalue weighted by Gasteiger charge is -2.15. The van der Waals surface area contributed by atoms with Gasteiger partial charge in [-0.1, -0.05) is 271 Å². The number of carbonyl (C=O) groups is 2. The molecule has 400 valence electrons. The summed E-state index contributed by atoms with van der Waals surface area (Å²) in [5.74, 6) is -0.603. The Labute approximate surface area is 433 Å². The van der Waals surface area contributed by atoms with Crippen LogP contribution in [0.5, 0.6) is 0 Å². The number of hydrogen-bond donors (Lipinski definition) is 1. The number of unbranched alkanes of at least 4 members (excludes halogenated alkanes) is 27. The normalized spacial score (nSPS) is 13.0. The molecule has 0 bridgehead atoms. The predicted octanol–water partition coefficient (Wildman–Crippen LogP) is 20.1. The van der Waals surface area contributed by atoms with Crippen LogP contribution in [-0.4, -0.2) is 36.4 Å². The van der Waals surface area contributed by atoms with Gasteiger partial charge in [0, 0.05) is 12.8 Å². The number of carbonyl (C=O) groups excluding carboxylic acids is 2. The van der Waals surface area contributed by atoms with Crippen molar-refractivity contribution in [3.05, 3.63) is 109 Å². The minimum atomic E-state index is -0.783. The molecule has 0 aliphatic carbocycles. The summed E-state index contributed by atoms with van der Waals surface area (Å²) in [6.07, 6.45) is 86.5. The van der Waals surface area contributed by atoms with E-state index in [1.54, 1.807) is 0 Å². The molecule has 0 aromatic carbocycles. The van der Waals surface area contributed by atoms with Gasteiger partial charge < -0.3 is 14.6 Å². The van der Waals surface area contributed by atoms with E-state index in [-0.39, 0.29) is 25.2 Å². The Morgan fingerprint density at radius 1 is 0.329 bits per heavy atom. The summed E-state index contributed by atoms with van der Waals surface area (Å²) >= 11 is 0. The maximum Gasteiger partial charge on any atom is 0.306 e. The highest BCUT2D eigenvalue weighted by molar-refractivity contribution is 5.70. The van der Waals surface area contributed by atoms with Crippen molar-refractivity contribution in [3.8, 4) is 0 Å². The van der Waals surface area contributed by atoms with Crippen molar-refractivity contribution in [2.45, 2.75) is 277 Å². The molecule has 0 fully saturated rings. The smallest absolute Gasteiger partial charge is 0.306 e. The fraction of sp³-hybridized carbons (Fsp3) is 0.692. The molecular weight excluding hydrogens is 861 g/mol. The summed E-state index contributed by atoms with van der Waals surface area (Å²) in [6.45, 7) is 3.91. The molecule has 0 spiro atoms. The number of rotatable bonds is 53. The van der Waals surface area contributed by atoms with Gasteiger partial charge in [-0.2, -0.15) is 0 Å². The van der Waals surface area contributed by atoms with Crippen molar-refractivity contribution in [1.29, 1.82) is 0 Å². The van der Waals surface area contributed by atoms with Crippen molar-refractivity contribution in [3.63, 3.8) is 0 Å². The summed E-state index contributed by atoms with van der Waals surface area (Å²) in [5, 5.41) is 9.65. The average Bonchev–Trinajstić information content (AvgIpc) is 3.36. The van der Waals surface area contributed by atoms with Crippen LogP contribution in [0.15, 0.2) is 109 Å². The fourth-order valence-corrected chi connectivity index (χ4v) is 8.22. The molecule has 1 unspecified atom stereocenters. The van der Waals surface area contributed by atoms with Gasteiger partial charge in [0.1, 0.15) is 6.61 Å². The molecule has 0 aliphatic heterocycles. The van der Waals surface area contributed by atoms with Gasteiger partial charge in [-0.3, -0.25) is 9.59 Å². The van der Waals surface area contributed by atoms with Crippen LogP contribution in [0.2, 0.25) is 0 Å². The molecule has 0 rings (SSSR count). The third-order valence-electron chi connectivity index (χ3n) is 12.6. The average molecular weight is 972 g/mol. The first-order valence-corrected chi connectivity index (χ1v) is 29.4. The van der Waals surface area contributed by atoms with Crippen LogP contribution in [0.1, 0.15) is 271 Å². The molecule has 0 radical (unpaired) electrons. The topological polar surface area (TPSA) is 72.8 Å². The van der Waals surface area contributed by atoms with Crippen molar-refractivity contribution in [1.82, 2.24) is 0 Å². The Morgan fingerprint density at radius 3 is 0.857 bits per heavy atom. The summed E-state index contributed by atoms with van der Waals surface area (Å²) < 4.78 is 10.7. The Balaban J connectivity index is 3.46. The highest BCUT2D eigenvalue weighted by Gasteiger charge is 2.16. The number of aliphatic hydroxyl groups excluding tert-OH is 1.